The highest BCUT2D eigenvalue weighted by atomic mass is 19.1. The zero-order valence-electron chi connectivity index (χ0n) is 18.1. The van der Waals surface area contributed by atoms with Crippen LogP contribution in [0.1, 0.15) is 31.4 Å². The fourth-order valence-corrected chi connectivity index (χ4v) is 4.14. The quantitative estimate of drug-likeness (QED) is 0.462. The topological polar surface area (TPSA) is 43.3 Å². The van der Waals surface area contributed by atoms with E-state index in [1.54, 1.807) is 0 Å². The van der Waals surface area contributed by atoms with Crippen LogP contribution >= 0.6 is 0 Å². The van der Waals surface area contributed by atoms with Crippen molar-refractivity contribution in [1.29, 1.82) is 0 Å². The van der Waals surface area contributed by atoms with Crippen molar-refractivity contribution < 1.29 is 9.13 Å². The molecule has 2 atom stereocenters. The summed E-state index contributed by atoms with van der Waals surface area (Å²) in [5.41, 5.74) is 1.00. The van der Waals surface area contributed by atoms with Crippen LogP contribution in [0.4, 0.5) is 4.39 Å². The summed E-state index contributed by atoms with van der Waals surface area (Å²) in [5, 5.41) is 3.53. The minimum absolute atomic E-state index is 0.0769. The van der Waals surface area contributed by atoms with Gasteiger partial charge in [-0.1, -0.05) is 12.1 Å². The Labute approximate surface area is 174 Å². The van der Waals surface area contributed by atoms with Gasteiger partial charge in [0.1, 0.15) is 11.9 Å². The standard InChI is InChI=1S/C22H36FN5O/c1-18-16-28(17-21(29-18)19-6-8-20(23)9-7-19)22(24-2)25-10-4-12-27-13-5-11-26(3)14-15-27/h6-9,18,21H,4-5,10-17H2,1-3H3,(H,24,25). The summed E-state index contributed by atoms with van der Waals surface area (Å²) < 4.78 is 19.4. The van der Waals surface area contributed by atoms with Crippen molar-refractivity contribution in [1.82, 2.24) is 20.0 Å². The Balaban J connectivity index is 1.47. The molecule has 6 nitrogen and oxygen atoms in total. The van der Waals surface area contributed by atoms with Gasteiger partial charge in [0.15, 0.2) is 5.96 Å². The van der Waals surface area contributed by atoms with E-state index in [2.05, 4.69) is 39.0 Å². The molecule has 1 aromatic carbocycles. The lowest BCUT2D eigenvalue weighted by Gasteiger charge is -2.38. The molecular formula is C22H36FN5O. The third kappa shape index (κ3) is 6.66. The van der Waals surface area contributed by atoms with Crippen LogP contribution in [0, 0.1) is 5.82 Å². The van der Waals surface area contributed by atoms with Gasteiger partial charge in [-0.15, -0.1) is 0 Å². The van der Waals surface area contributed by atoms with Crippen molar-refractivity contribution in [2.24, 2.45) is 4.99 Å². The van der Waals surface area contributed by atoms with E-state index in [4.69, 9.17) is 4.74 Å². The Morgan fingerprint density at radius 1 is 1.17 bits per heavy atom. The Morgan fingerprint density at radius 3 is 2.72 bits per heavy atom. The van der Waals surface area contributed by atoms with Gasteiger partial charge >= 0.3 is 0 Å². The number of hydrogen-bond donors (Lipinski definition) is 1. The molecule has 0 saturated carbocycles. The summed E-state index contributed by atoms with van der Waals surface area (Å²) in [7, 11) is 4.04. The Kier molecular flexibility index (Phi) is 8.27. The van der Waals surface area contributed by atoms with Gasteiger partial charge in [-0.25, -0.2) is 4.39 Å². The zero-order valence-corrected chi connectivity index (χ0v) is 18.1. The Hall–Kier alpha value is -1.70. The lowest BCUT2D eigenvalue weighted by atomic mass is 10.1. The first-order chi connectivity index (χ1) is 14.0. The maximum absolute atomic E-state index is 13.3. The summed E-state index contributed by atoms with van der Waals surface area (Å²) in [6.07, 6.45) is 2.37. The number of rotatable bonds is 5. The molecule has 29 heavy (non-hydrogen) atoms. The SMILES string of the molecule is CN=C(NCCCN1CCCN(C)CC1)N1CC(C)OC(c2ccc(F)cc2)C1. The molecule has 162 valence electrons. The van der Waals surface area contributed by atoms with Gasteiger partial charge in [0.2, 0.25) is 0 Å². The van der Waals surface area contributed by atoms with Crippen LogP contribution in [-0.4, -0.2) is 93.2 Å². The first kappa shape index (κ1) is 22.0. The number of ether oxygens (including phenoxy) is 1. The predicted octanol–water partition coefficient (Wildman–Crippen LogP) is 2.19. The van der Waals surface area contributed by atoms with Crippen LogP contribution in [0.15, 0.2) is 29.3 Å². The third-order valence-corrected chi connectivity index (χ3v) is 5.76. The van der Waals surface area contributed by atoms with Crippen molar-refractivity contribution in [3.05, 3.63) is 35.6 Å². The highest BCUT2D eigenvalue weighted by Crippen LogP contribution is 2.25. The van der Waals surface area contributed by atoms with E-state index in [1.165, 1.54) is 31.6 Å². The number of morpholine rings is 1. The lowest BCUT2D eigenvalue weighted by Crippen LogP contribution is -2.51. The van der Waals surface area contributed by atoms with E-state index < -0.39 is 0 Å². The number of nitrogens with zero attached hydrogens (tertiary/aromatic N) is 4. The number of likely N-dealkylation sites (N-methyl/N-ethyl adjacent to an activating group) is 1. The first-order valence-corrected chi connectivity index (χ1v) is 10.8. The highest BCUT2D eigenvalue weighted by Gasteiger charge is 2.28. The first-order valence-electron chi connectivity index (χ1n) is 10.8. The molecular weight excluding hydrogens is 369 g/mol. The number of guanidine groups is 1. The van der Waals surface area contributed by atoms with Gasteiger partial charge in [0, 0.05) is 33.2 Å². The predicted molar refractivity (Wildman–Crippen MR) is 116 cm³/mol. The van der Waals surface area contributed by atoms with E-state index in [0.29, 0.717) is 6.54 Å². The van der Waals surface area contributed by atoms with Crippen LogP contribution in [0.3, 0.4) is 0 Å². The van der Waals surface area contributed by atoms with E-state index in [1.807, 2.05) is 19.2 Å². The molecule has 0 aromatic heterocycles. The summed E-state index contributed by atoms with van der Waals surface area (Å²) in [6.45, 7) is 10.3. The molecule has 0 radical (unpaired) electrons. The molecule has 1 aromatic rings. The monoisotopic (exact) mass is 405 g/mol. The van der Waals surface area contributed by atoms with E-state index in [-0.39, 0.29) is 18.0 Å². The molecule has 2 fully saturated rings. The molecule has 2 aliphatic heterocycles. The maximum Gasteiger partial charge on any atom is 0.193 e. The molecule has 7 heteroatoms. The van der Waals surface area contributed by atoms with Gasteiger partial charge in [-0.2, -0.15) is 0 Å². The summed E-state index contributed by atoms with van der Waals surface area (Å²) in [5.74, 6) is 0.700. The smallest absolute Gasteiger partial charge is 0.193 e. The number of benzene rings is 1. The summed E-state index contributed by atoms with van der Waals surface area (Å²) in [6, 6.07) is 6.61. The number of hydrogen-bond acceptors (Lipinski definition) is 4. The van der Waals surface area contributed by atoms with Crippen LogP contribution < -0.4 is 5.32 Å². The van der Waals surface area contributed by atoms with Gasteiger partial charge in [0.05, 0.1) is 12.6 Å². The van der Waals surface area contributed by atoms with Crippen LogP contribution in [0.5, 0.6) is 0 Å². The second-order valence-corrected chi connectivity index (χ2v) is 8.22. The van der Waals surface area contributed by atoms with Crippen molar-refractivity contribution in [2.45, 2.75) is 32.0 Å². The van der Waals surface area contributed by atoms with Crippen LogP contribution in [0.2, 0.25) is 0 Å². The van der Waals surface area contributed by atoms with Crippen LogP contribution in [-0.2, 0) is 4.74 Å². The normalized spacial score (nSPS) is 25.1. The van der Waals surface area contributed by atoms with Crippen molar-refractivity contribution in [3.63, 3.8) is 0 Å². The van der Waals surface area contributed by atoms with E-state index in [9.17, 15) is 4.39 Å². The van der Waals surface area contributed by atoms with Crippen molar-refractivity contribution in [3.8, 4) is 0 Å². The minimum atomic E-state index is -0.219. The molecule has 2 heterocycles. The molecule has 0 bridgehead atoms. The van der Waals surface area contributed by atoms with Gasteiger partial charge < -0.3 is 24.8 Å². The molecule has 1 N–H and O–H groups in total. The Morgan fingerprint density at radius 2 is 1.97 bits per heavy atom. The summed E-state index contributed by atoms with van der Waals surface area (Å²) in [4.78, 5) is 11.7. The second-order valence-electron chi connectivity index (χ2n) is 8.22. The van der Waals surface area contributed by atoms with Gasteiger partial charge in [-0.3, -0.25) is 4.99 Å². The average molecular weight is 406 g/mol. The fourth-order valence-electron chi connectivity index (χ4n) is 4.14. The van der Waals surface area contributed by atoms with Gasteiger partial charge in [0.25, 0.3) is 0 Å². The molecule has 0 spiro atoms. The number of aliphatic imine (C=N–C) groups is 1. The molecule has 3 rings (SSSR count). The minimum Gasteiger partial charge on any atom is -0.367 e. The molecule has 2 aliphatic rings. The Bertz CT molecular complexity index is 653. The third-order valence-electron chi connectivity index (χ3n) is 5.76. The van der Waals surface area contributed by atoms with E-state index >= 15 is 0 Å². The largest absolute Gasteiger partial charge is 0.367 e. The summed E-state index contributed by atoms with van der Waals surface area (Å²) >= 11 is 0. The maximum atomic E-state index is 13.3. The molecule has 2 saturated heterocycles. The van der Waals surface area contributed by atoms with Gasteiger partial charge in [-0.05, 0) is 64.1 Å². The molecule has 0 amide bonds. The number of nitrogens with one attached hydrogen (secondary N) is 1. The zero-order chi connectivity index (χ0) is 20.6. The fraction of sp³-hybridized carbons (Fsp3) is 0.682. The second kappa shape index (κ2) is 10.9. The van der Waals surface area contributed by atoms with Crippen molar-refractivity contribution >= 4 is 5.96 Å². The number of halogens is 1. The highest BCUT2D eigenvalue weighted by molar-refractivity contribution is 5.80. The average Bonchev–Trinajstić information content (AvgIpc) is 2.92. The van der Waals surface area contributed by atoms with E-state index in [0.717, 1.165) is 50.7 Å². The molecule has 2 unspecified atom stereocenters. The van der Waals surface area contributed by atoms with Crippen LogP contribution in [0.25, 0.3) is 0 Å². The van der Waals surface area contributed by atoms with Crippen molar-refractivity contribution in [2.75, 3.05) is 66.5 Å². The molecule has 0 aliphatic carbocycles. The lowest BCUT2D eigenvalue weighted by molar-refractivity contribution is -0.0605.